The van der Waals surface area contributed by atoms with Crippen molar-refractivity contribution in [1.29, 1.82) is 0 Å². The molecule has 2 fully saturated rings. The van der Waals surface area contributed by atoms with E-state index in [4.69, 9.17) is 0 Å². The smallest absolute Gasteiger partial charge is 0.317 e. The number of fused-ring (bicyclic) bond motifs is 1. The number of sulfonamides is 1. The molecule has 2 aliphatic heterocycles. The number of nitrogens with zero attached hydrogens (tertiary/aromatic N) is 2. The van der Waals surface area contributed by atoms with Crippen molar-refractivity contribution in [2.45, 2.75) is 57.0 Å². The van der Waals surface area contributed by atoms with Gasteiger partial charge >= 0.3 is 6.03 Å². The molecule has 0 spiro atoms. The standard InChI is InChI=1S/C20H29N3O3S/c24-20(21-18-10-8-16-5-1-2-6-17(16)9-11-18)22-12-3-7-19(15-22)23-13-4-14-27(23,25)26/h1-2,5-6,18-19H,3-4,7-15H2,(H,21,24). The zero-order valence-corrected chi connectivity index (χ0v) is 16.6. The van der Waals surface area contributed by atoms with Crippen molar-refractivity contribution in [3.05, 3.63) is 35.4 Å². The second-order valence-corrected chi connectivity index (χ2v) is 10.1. The number of piperidine rings is 1. The lowest BCUT2D eigenvalue weighted by atomic mass is 10.0. The Morgan fingerprint density at radius 1 is 1.00 bits per heavy atom. The second kappa shape index (κ2) is 7.80. The largest absolute Gasteiger partial charge is 0.335 e. The van der Waals surface area contributed by atoms with Gasteiger partial charge in [-0.1, -0.05) is 24.3 Å². The molecule has 148 valence electrons. The SMILES string of the molecule is O=C(NC1CCc2ccccc2CC1)N1CCCC(N2CCCS2(=O)=O)C1. The molecule has 1 atom stereocenters. The molecule has 2 heterocycles. The lowest BCUT2D eigenvalue weighted by Gasteiger charge is -2.37. The molecule has 0 bridgehead atoms. The highest BCUT2D eigenvalue weighted by Crippen LogP contribution is 2.25. The fraction of sp³-hybridized carbons (Fsp3) is 0.650. The van der Waals surface area contributed by atoms with Gasteiger partial charge in [-0.15, -0.1) is 0 Å². The van der Waals surface area contributed by atoms with Gasteiger partial charge in [-0.05, 0) is 56.1 Å². The number of carbonyl (C=O) groups is 1. The Balaban J connectivity index is 1.34. The van der Waals surface area contributed by atoms with Crippen molar-refractivity contribution < 1.29 is 13.2 Å². The predicted molar refractivity (Wildman–Crippen MR) is 105 cm³/mol. The molecule has 1 aromatic carbocycles. The third kappa shape index (κ3) is 4.14. The fourth-order valence-electron chi connectivity index (χ4n) is 4.70. The third-order valence-electron chi connectivity index (χ3n) is 6.20. The van der Waals surface area contributed by atoms with Gasteiger partial charge < -0.3 is 10.2 Å². The van der Waals surface area contributed by atoms with E-state index in [1.54, 1.807) is 4.31 Å². The highest BCUT2D eigenvalue weighted by Gasteiger charge is 2.37. The summed E-state index contributed by atoms with van der Waals surface area (Å²) >= 11 is 0. The average molecular weight is 392 g/mol. The van der Waals surface area contributed by atoms with Crippen LogP contribution in [0.1, 0.15) is 43.2 Å². The Hall–Kier alpha value is -1.60. The van der Waals surface area contributed by atoms with E-state index in [2.05, 4.69) is 29.6 Å². The highest BCUT2D eigenvalue weighted by molar-refractivity contribution is 7.89. The van der Waals surface area contributed by atoms with Gasteiger partial charge in [0, 0.05) is 31.7 Å². The first kappa shape index (κ1) is 18.7. The molecule has 0 aromatic heterocycles. The van der Waals surface area contributed by atoms with Crippen molar-refractivity contribution in [1.82, 2.24) is 14.5 Å². The minimum Gasteiger partial charge on any atom is -0.335 e. The van der Waals surface area contributed by atoms with Crippen LogP contribution in [-0.4, -0.2) is 61.1 Å². The van der Waals surface area contributed by atoms with Gasteiger partial charge in [0.2, 0.25) is 10.0 Å². The number of rotatable bonds is 2. The lowest BCUT2D eigenvalue weighted by molar-refractivity contribution is 0.149. The monoisotopic (exact) mass is 391 g/mol. The second-order valence-electron chi connectivity index (χ2n) is 8.01. The number of amides is 2. The first-order valence-electron chi connectivity index (χ1n) is 10.1. The van der Waals surface area contributed by atoms with Gasteiger partial charge in [0.15, 0.2) is 0 Å². The minimum atomic E-state index is -3.12. The highest BCUT2D eigenvalue weighted by atomic mass is 32.2. The van der Waals surface area contributed by atoms with E-state index in [9.17, 15) is 13.2 Å². The van der Waals surface area contributed by atoms with E-state index >= 15 is 0 Å². The molecule has 1 aromatic rings. The summed E-state index contributed by atoms with van der Waals surface area (Å²) in [7, 11) is -3.12. The molecule has 1 aliphatic carbocycles. The fourth-order valence-corrected chi connectivity index (χ4v) is 6.46. The van der Waals surface area contributed by atoms with E-state index in [1.807, 2.05) is 4.90 Å². The van der Waals surface area contributed by atoms with Gasteiger partial charge in [-0.25, -0.2) is 13.2 Å². The van der Waals surface area contributed by atoms with Crippen LogP contribution in [0.15, 0.2) is 24.3 Å². The van der Waals surface area contributed by atoms with Crippen LogP contribution in [0.4, 0.5) is 4.79 Å². The van der Waals surface area contributed by atoms with Crippen LogP contribution in [0.25, 0.3) is 0 Å². The summed E-state index contributed by atoms with van der Waals surface area (Å²) in [6.07, 6.45) is 6.32. The van der Waals surface area contributed by atoms with E-state index in [1.165, 1.54) is 11.1 Å². The van der Waals surface area contributed by atoms with Gasteiger partial charge in [-0.3, -0.25) is 0 Å². The molecule has 1 unspecified atom stereocenters. The van der Waals surface area contributed by atoms with Gasteiger partial charge in [0.05, 0.1) is 5.75 Å². The molecule has 1 N–H and O–H groups in total. The summed E-state index contributed by atoms with van der Waals surface area (Å²) in [6.45, 7) is 1.82. The lowest BCUT2D eigenvalue weighted by Crippen LogP contribution is -2.54. The van der Waals surface area contributed by atoms with Gasteiger partial charge in [0.1, 0.15) is 0 Å². The summed E-state index contributed by atoms with van der Waals surface area (Å²) in [6, 6.07) is 8.62. The van der Waals surface area contributed by atoms with Crippen molar-refractivity contribution in [3.63, 3.8) is 0 Å². The maximum absolute atomic E-state index is 12.8. The quantitative estimate of drug-likeness (QED) is 0.786. The molecule has 2 amide bonds. The molecule has 3 aliphatic rings. The number of carbonyl (C=O) groups excluding carboxylic acids is 1. The maximum atomic E-state index is 12.8. The first-order valence-corrected chi connectivity index (χ1v) is 11.8. The van der Waals surface area contributed by atoms with Crippen LogP contribution in [-0.2, 0) is 22.9 Å². The Morgan fingerprint density at radius 2 is 1.70 bits per heavy atom. The molecule has 4 rings (SSSR count). The Kier molecular flexibility index (Phi) is 5.41. The topological polar surface area (TPSA) is 69.7 Å². The van der Waals surface area contributed by atoms with Crippen molar-refractivity contribution in [3.8, 4) is 0 Å². The number of benzene rings is 1. The molecule has 27 heavy (non-hydrogen) atoms. The van der Waals surface area contributed by atoms with Gasteiger partial charge in [-0.2, -0.15) is 4.31 Å². The van der Waals surface area contributed by atoms with E-state index in [0.717, 1.165) is 38.5 Å². The van der Waals surface area contributed by atoms with Crippen LogP contribution in [0.2, 0.25) is 0 Å². The average Bonchev–Trinajstić information content (AvgIpc) is 2.90. The molecule has 7 heteroatoms. The summed E-state index contributed by atoms with van der Waals surface area (Å²) in [5.74, 6) is 0.248. The molecule has 6 nitrogen and oxygen atoms in total. The minimum absolute atomic E-state index is 0.0350. The molecule has 2 saturated heterocycles. The number of urea groups is 1. The number of nitrogens with one attached hydrogen (secondary N) is 1. The van der Waals surface area contributed by atoms with E-state index in [0.29, 0.717) is 26.1 Å². The summed E-state index contributed by atoms with van der Waals surface area (Å²) in [5.41, 5.74) is 2.79. The predicted octanol–water partition coefficient (Wildman–Crippen LogP) is 2.14. The molecular weight excluding hydrogens is 362 g/mol. The Labute approximate surface area is 162 Å². The zero-order valence-electron chi connectivity index (χ0n) is 15.8. The normalized spacial score (nSPS) is 26.4. The van der Waals surface area contributed by atoms with Crippen LogP contribution in [0, 0.1) is 0 Å². The van der Waals surface area contributed by atoms with Crippen molar-refractivity contribution in [2.24, 2.45) is 0 Å². The molecular formula is C20H29N3O3S. The summed E-state index contributed by atoms with van der Waals surface area (Å²) in [5, 5.41) is 3.21. The zero-order chi connectivity index (χ0) is 18.9. The number of hydrogen-bond donors (Lipinski definition) is 1. The Bertz CT molecular complexity index is 768. The van der Waals surface area contributed by atoms with E-state index in [-0.39, 0.29) is 23.9 Å². The molecule has 0 saturated carbocycles. The molecule has 0 radical (unpaired) electrons. The summed E-state index contributed by atoms with van der Waals surface area (Å²) < 4.78 is 26.0. The van der Waals surface area contributed by atoms with Crippen LogP contribution in [0.3, 0.4) is 0 Å². The van der Waals surface area contributed by atoms with Crippen LogP contribution in [0.5, 0.6) is 0 Å². The number of aryl methyl sites for hydroxylation is 2. The maximum Gasteiger partial charge on any atom is 0.317 e. The first-order chi connectivity index (χ1) is 13.0. The van der Waals surface area contributed by atoms with Crippen LogP contribution < -0.4 is 5.32 Å². The number of hydrogen-bond acceptors (Lipinski definition) is 3. The van der Waals surface area contributed by atoms with Crippen molar-refractivity contribution >= 4 is 16.1 Å². The van der Waals surface area contributed by atoms with Crippen LogP contribution >= 0.6 is 0 Å². The van der Waals surface area contributed by atoms with Crippen molar-refractivity contribution in [2.75, 3.05) is 25.4 Å². The number of likely N-dealkylation sites (tertiary alicyclic amines) is 1. The Morgan fingerprint density at radius 3 is 2.33 bits per heavy atom. The van der Waals surface area contributed by atoms with Gasteiger partial charge in [0.25, 0.3) is 0 Å². The van der Waals surface area contributed by atoms with E-state index < -0.39 is 10.0 Å². The summed E-state index contributed by atoms with van der Waals surface area (Å²) in [4.78, 5) is 14.6. The third-order valence-corrected chi connectivity index (χ3v) is 8.20.